The lowest BCUT2D eigenvalue weighted by molar-refractivity contribution is -0.116. The third kappa shape index (κ3) is 6.48. The number of carbonyl (C=O) groups is 1. The van der Waals surface area contributed by atoms with E-state index in [-0.39, 0.29) is 11.5 Å². The first-order valence-corrected chi connectivity index (χ1v) is 6.68. The van der Waals surface area contributed by atoms with Crippen LogP contribution in [-0.4, -0.2) is 31.0 Å². The van der Waals surface area contributed by atoms with Gasteiger partial charge in [-0.15, -0.1) is 0 Å². The molecule has 0 heterocycles. The van der Waals surface area contributed by atoms with E-state index < -0.39 is 15.5 Å². The smallest absolute Gasteiger partial charge is 0.294 e. The van der Waals surface area contributed by atoms with Crippen LogP contribution in [0.3, 0.4) is 0 Å². The summed E-state index contributed by atoms with van der Waals surface area (Å²) in [5, 5.41) is 8.36. The molecule has 1 aromatic rings. The molecule has 0 saturated carbocycles. The fourth-order valence-electron chi connectivity index (χ4n) is 0.748. The van der Waals surface area contributed by atoms with Gasteiger partial charge in [-0.1, -0.05) is 31.5 Å². The van der Waals surface area contributed by atoms with Crippen molar-refractivity contribution in [3.05, 3.63) is 29.8 Å². The lowest BCUT2D eigenvalue weighted by atomic mass is 9.98. The quantitative estimate of drug-likeness (QED) is 0.643. The van der Waals surface area contributed by atoms with E-state index in [4.69, 9.17) is 9.66 Å². The first-order chi connectivity index (χ1) is 8.12. The van der Waals surface area contributed by atoms with Gasteiger partial charge in [-0.3, -0.25) is 4.55 Å². The fraction of sp³-hybridized carbons (Fsp3) is 0.417. The summed E-state index contributed by atoms with van der Waals surface area (Å²) < 4.78 is 29.6. The van der Waals surface area contributed by atoms with Crippen molar-refractivity contribution in [2.75, 3.05) is 6.61 Å². The maximum Gasteiger partial charge on any atom is 0.294 e. The second-order valence-corrected chi connectivity index (χ2v) is 5.97. The van der Waals surface area contributed by atoms with Crippen molar-refractivity contribution in [3.8, 4) is 0 Å². The monoisotopic (exact) mass is 274 g/mol. The SMILES string of the molecule is CC(C)(C=O)CO.Cc1ccc(S(=O)(=O)O)cc1. The Hall–Kier alpha value is -1.24. The van der Waals surface area contributed by atoms with Crippen LogP contribution in [-0.2, 0) is 14.9 Å². The van der Waals surface area contributed by atoms with Gasteiger partial charge in [0.1, 0.15) is 6.29 Å². The lowest BCUT2D eigenvalue weighted by Crippen LogP contribution is -2.17. The van der Waals surface area contributed by atoms with Gasteiger partial charge in [-0.25, -0.2) is 0 Å². The van der Waals surface area contributed by atoms with Crippen LogP contribution in [0, 0.1) is 12.3 Å². The highest BCUT2D eigenvalue weighted by atomic mass is 32.2. The Bertz CT molecular complexity index is 474. The normalized spacial score (nSPS) is 11.4. The molecule has 0 bridgehead atoms. The molecule has 0 aromatic heterocycles. The summed E-state index contributed by atoms with van der Waals surface area (Å²) >= 11 is 0. The zero-order chi connectivity index (χ0) is 14.4. The van der Waals surface area contributed by atoms with Gasteiger partial charge in [-0.05, 0) is 19.1 Å². The second kappa shape index (κ2) is 6.63. The number of aliphatic hydroxyl groups is 1. The standard InChI is InChI=1S/C7H8O3S.C5H10O2/c1-6-2-4-7(5-3-6)11(8,9)10;1-5(2,3-6)4-7/h2-5H,1H3,(H,8,9,10);3,7H,4H2,1-2H3. The predicted octanol–water partition coefficient (Wildman–Crippen LogP) is 1.45. The summed E-state index contributed by atoms with van der Waals surface area (Å²) in [5.74, 6) is 0. The van der Waals surface area contributed by atoms with Gasteiger partial charge in [0, 0.05) is 5.41 Å². The van der Waals surface area contributed by atoms with Crippen molar-refractivity contribution in [3.63, 3.8) is 0 Å². The molecule has 5 nitrogen and oxygen atoms in total. The number of rotatable bonds is 3. The average molecular weight is 274 g/mol. The van der Waals surface area contributed by atoms with Crippen molar-refractivity contribution < 1.29 is 22.9 Å². The molecule has 0 amide bonds. The molecular formula is C12H18O5S. The molecule has 1 rings (SSSR count). The number of benzene rings is 1. The van der Waals surface area contributed by atoms with Gasteiger partial charge in [0.25, 0.3) is 10.1 Å². The molecule has 1 aromatic carbocycles. The highest BCUT2D eigenvalue weighted by molar-refractivity contribution is 7.85. The number of aryl methyl sites for hydroxylation is 1. The minimum absolute atomic E-state index is 0.0666. The molecule has 0 saturated heterocycles. The van der Waals surface area contributed by atoms with E-state index in [1.807, 2.05) is 6.92 Å². The Labute approximate surface area is 107 Å². The largest absolute Gasteiger partial charge is 0.395 e. The van der Waals surface area contributed by atoms with Crippen LogP contribution in [0.2, 0.25) is 0 Å². The molecule has 0 aliphatic heterocycles. The molecule has 6 heteroatoms. The summed E-state index contributed by atoms with van der Waals surface area (Å²) in [6.45, 7) is 5.13. The Morgan fingerprint density at radius 2 is 1.67 bits per heavy atom. The van der Waals surface area contributed by atoms with Crippen molar-refractivity contribution in [2.45, 2.75) is 25.7 Å². The first kappa shape index (κ1) is 16.8. The van der Waals surface area contributed by atoms with Crippen molar-refractivity contribution in [1.29, 1.82) is 0 Å². The van der Waals surface area contributed by atoms with E-state index in [9.17, 15) is 13.2 Å². The minimum atomic E-state index is -4.02. The average Bonchev–Trinajstić information content (AvgIpc) is 2.29. The van der Waals surface area contributed by atoms with Gasteiger partial charge in [-0.2, -0.15) is 8.42 Å². The molecule has 0 aliphatic carbocycles. The predicted molar refractivity (Wildman–Crippen MR) is 67.9 cm³/mol. The molecule has 0 radical (unpaired) electrons. The van der Waals surface area contributed by atoms with Crippen LogP contribution in [0.4, 0.5) is 0 Å². The minimum Gasteiger partial charge on any atom is -0.395 e. The molecule has 0 atom stereocenters. The number of hydrogen-bond acceptors (Lipinski definition) is 4. The number of carbonyl (C=O) groups excluding carboxylic acids is 1. The third-order valence-corrected chi connectivity index (χ3v) is 2.91. The summed E-state index contributed by atoms with van der Waals surface area (Å²) in [5.41, 5.74) is 0.414. The van der Waals surface area contributed by atoms with Gasteiger partial charge >= 0.3 is 0 Å². The zero-order valence-corrected chi connectivity index (χ0v) is 11.4. The van der Waals surface area contributed by atoms with E-state index in [2.05, 4.69) is 0 Å². The van der Waals surface area contributed by atoms with Crippen LogP contribution in [0.15, 0.2) is 29.2 Å². The summed E-state index contributed by atoms with van der Waals surface area (Å²) in [4.78, 5) is 9.83. The van der Waals surface area contributed by atoms with Gasteiger partial charge in [0.2, 0.25) is 0 Å². The van der Waals surface area contributed by atoms with Crippen molar-refractivity contribution in [2.24, 2.45) is 5.41 Å². The summed E-state index contributed by atoms with van der Waals surface area (Å²) in [7, 11) is -4.02. The van der Waals surface area contributed by atoms with Crippen LogP contribution in [0.5, 0.6) is 0 Å². The molecular weight excluding hydrogens is 256 g/mol. The Kier molecular flexibility index (Phi) is 6.17. The molecule has 18 heavy (non-hydrogen) atoms. The highest BCUT2D eigenvalue weighted by Crippen LogP contribution is 2.08. The van der Waals surface area contributed by atoms with Gasteiger partial charge in [0.15, 0.2) is 0 Å². The fourth-order valence-corrected chi connectivity index (χ4v) is 1.23. The van der Waals surface area contributed by atoms with Crippen molar-refractivity contribution >= 4 is 16.4 Å². The van der Waals surface area contributed by atoms with Crippen LogP contribution < -0.4 is 0 Å². The van der Waals surface area contributed by atoms with E-state index in [0.717, 1.165) is 11.8 Å². The number of aldehydes is 1. The molecule has 102 valence electrons. The van der Waals surface area contributed by atoms with E-state index >= 15 is 0 Å². The van der Waals surface area contributed by atoms with E-state index in [1.54, 1.807) is 26.0 Å². The lowest BCUT2D eigenvalue weighted by Gasteiger charge is -2.09. The molecule has 0 spiro atoms. The van der Waals surface area contributed by atoms with E-state index in [0.29, 0.717) is 0 Å². The molecule has 0 fully saturated rings. The summed E-state index contributed by atoms with van der Waals surface area (Å²) in [6.07, 6.45) is 0.743. The van der Waals surface area contributed by atoms with E-state index in [1.165, 1.54) is 12.1 Å². The maximum absolute atomic E-state index is 10.5. The third-order valence-electron chi connectivity index (χ3n) is 2.05. The Balaban J connectivity index is 0.000000360. The van der Waals surface area contributed by atoms with Crippen LogP contribution >= 0.6 is 0 Å². The highest BCUT2D eigenvalue weighted by Gasteiger charge is 2.13. The van der Waals surface area contributed by atoms with Gasteiger partial charge in [0.05, 0.1) is 11.5 Å². The second-order valence-electron chi connectivity index (χ2n) is 4.55. The van der Waals surface area contributed by atoms with Crippen LogP contribution in [0.1, 0.15) is 19.4 Å². The zero-order valence-electron chi connectivity index (χ0n) is 10.6. The molecule has 2 N–H and O–H groups in total. The Morgan fingerprint density at radius 1 is 1.22 bits per heavy atom. The topological polar surface area (TPSA) is 91.7 Å². The van der Waals surface area contributed by atoms with Crippen LogP contribution in [0.25, 0.3) is 0 Å². The molecule has 0 unspecified atom stereocenters. The maximum atomic E-state index is 10.5. The number of hydrogen-bond donors (Lipinski definition) is 2. The first-order valence-electron chi connectivity index (χ1n) is 5.24. The summed E-state index contributed by atoms with van der Waals surface area (Å²) in [6, 6.07) is 5.99. The Morgan fingerprint density at radius 3 is 1.89 bits per heavy atom. The molecule has 0 aliphatic rings. The van der Waals surface area contributed by atoms with Crippen molar-refractivity contribution in [1.82, 2.24) is 0 Å². The number of aliphatic hydroxyl groups excluding tert-OH is 1. The van der Waals surface area contributed by atoms with Gasteiger partial charge < -0.3 is 9.90 Å².